The van der Waals surface area contributed by atoms with Gasteiger partial charge in [-0.1, -0.05) is 13.8 Å². The molecule has 0 spiro atoms. The van der Waals surface area contributed by atoms with Crippen LogP contribution in [0.1, 0.15) is 73.6 Å². The van der Waals surface area contributed by atoms with Gasteiger partial charge < -0.3 is 19.3 Å². The predicted octanol–water partition coefficient (Wildman–Crippen LogP) is 3.89. The number of fused-ring (bicyclic) bond motifs is 7. The molecule has 33 heavy (non-hydrogen) atoms. The lowest BCUT2D eigenvalue weighted by Gasteiger charge is -2.61. The van der Waals surface area contributed by atoms with Gasteiger partial charge in [0.15, 0.2) is 17.2 Å². The Bertz CT molecular complexity index is 914. The highest BCUT2D eigenvalue weighted by Crippen LogP contribution is 2.71. The zero-order chi connectivity index (χ0) is 24.1. The van der Waals surface area contributed by atoms with Crippen molar-refractivity contribution >= 4 is 11.8 Å². The number of alkyl halides is 1. The highest BCUT2D eigenvalue weighted by atomic mass is 19.1. The standard InChI is InChI=1S/C26H37FO6/c1-13(28)26-21(32-23(3,4)33-26)11-17-16-10-19(27)18-9-15(31-14(2)29)7-8-24(18,5)22(16)20(30)12-25(17,26)6/h9,15-17,19-22,30H,7-8,10-12H2,1-6H3/t15-,16-,17-,19-,20-,21+,22+,24-,25-,26+/m0/s1. The number of allylic oxidation sites excluding steroid dienone is 1. The number of Topliss-reactive ketones (excluding diaryl/α,β-unsaturated/α-hetero) is 1. The van der Waals surface area contributed by atoms with Crippen LogP contribution >= 0.6 is 0 Å². The Morgan fingerprint density at radius 1 is 1.18 bits per heavy atom. The molecule has 7 heteroatoms. The number of aliphatic hydroxyl groups excluding tert-OH is 1. The Morgan fingerprint density at radius 3 is 2.52 bits per heavy atom. The van der Waals surface area contributed by atoms with Crippen molar-refractivity contribution < 1.29 is 33.3 Å². The molecule has 4 fully saturated rings. The van der Waals surface area contributed by atoms with Crippen molar-refractivity contribution in [3.05, 3.63) is 11.6 Å². The number of halogens is 1. The maximum Gasteiger partial charge on any atom is 0.303 e. The molecule has 10 atom stereocenters. The minimum atomic E-state index is -1.17. The molecule has 6 nitrogen and oxygen atoms in total. The lowest BCUT2D eigenvalue weighted by molar-refractivity contribution is -0.227. The lowest BCUT2D eigenvalue weighted by Crippen LogP contribution is -2.64. The number of aliphatic hydroxyl groups is 1. The van der Waals surface area contributed by atoms with Crippen molar-refractivity contribution in [3.8, 4) is 0 Å². The fourth-order valence-electron chi connectivity index (χ4n) is 8.88. The molecule has 1 heterocycles. The number of carbonyl (C=O) groups is 2. The van der Waals surface area contributed by atoms with E-state index in [1.807, 2.05) is 20.8 Å². The first-order chi connectivity index (χ1) is 15.2. The average molecular weight is 465 g/mol. The molecule has 1 saturated heterocycles. The molecule has 184 valence electrons. The Hall–Kier alpha value is -1.31. The summed E-state index contributed by atoms with van der Waals surface area (Å²) < 4.78 is 33.8. The molecule has 0 aromatic rings. The quantitative estimate of drug-likeness (QED) is 0.493. The molecule has 1 N–H and O–H groups in total. The SMILES string of the molecule is CC(=O)O[C@@H]1C=C2[C@@H](F)C[C@@H]3[C@H]([C@@H](O)C[C@@]4(C)[C@H]3C[C@H]3OC(C)(C)O[C@]34C(C)=O)[C@@]2(C)CC1. The van der Waals surface area contributed by atoms with Gasteiger partial charge in [-0.3, -0.25) is 9.59 Å². The van der Waals surface area contributed by atoms with Crippen LogP contribution in [-0.4, -0.2) is 52.7 Å². The van der Waals surface area contributed by atoms with Crippen LogP contribution in [0.15, 0.2) is 11.6 Å². The van der Waals surface area contributed by atoms with Crippen LogP contribution in [-0.2, 0) is 23.8 Å². The molecule has 0 unspecified atom stereocenters. The minimum Gasteiger partial charge on any atom is -0.458 e. The van der Waals surface area contributed by atoms with E-state index >= 15 is 4.39 Å². The van der Waals surface area contributed by atoms with Crippen LogP contribution in [0.25, 0.3) is 0 Å². The van der Waals surface area contributed by atoms with Crippen molar-refractivity contribution in [1.82, 2.24) is 0 Å². The van der Waals surface area contributed by atoms with E-state index in [-0.39, 0.29) is 29.5 Å². The number of rotatable bonds is 2. The van der Waals surface area contributed by atoms with Crippen molar-refractivity contribution in [3.63, 3.8) is 0 Å². The summed E-state index contributed by atoms with van der Waals surface area (Å²) in [6, 6.07) is 0. The van der Waals surface area contributed by atoms with Gasteiger partial charge >= 0.3 is 5.97 Å². The van der Waals surface area contributed by atoms with Crippen molar-refractivity contribution in [2.75, 3.05) is 0 Å². The molecular weight excluding hydrogens is 427 g/mol. The number of ketones is 1. The summed E-state index contributed by atoms with van der Waals surface area (Å²) in [5.74, 6) is -1.51. The fraction of sp³-hybridized carbons (Fsp3) is 0.846. The Balaban J connectivity index is 1.54. The van der Waals surface area contributed by atoms with E-state index in [2.05, 4.69) is 6.92 Å². The van der Waals surface area contributed by atoms with Crippen LogP contribution in [0, 0.1) is 28.6 Å². The first-order valence-corrected chi connectivity index (χ1v) is 12.4. The molecule has 0 aromatic carbocycles. The van der Waals surface area contributed by atoms with Gasteiger partial charge in [0.05, 0.1) is 12.2 Å². The second kappa shape index (κ2) is 7.11. The van der Waals surface area contributed by atoms with E-state index < -0.39 is 46.7 Å². The second-order valence-corrected chi connectivity index (χ2v) is 12.1. The van der Waals surface area contributed by atoms with Gasteiger partial charge in [0.25, 0.3) is 0 Å². The van der Waals surface area contributed by atoms with Gasteiger partial charge in [0.1, 0.15) is 12.3 Å². The van der Waals surface area contributed by atoms with Gasteiger partial charge in [-0.05, 0) is 87.7 Å². The number of esters is 1. The molecule has 5 rings (SSSR count). The van der Waals surface area contributed by atoms with Crippen molar-refractivity contribution in [1.29, 1.82) is 0 Å². The predicted molar refractivity (Wildman–Crippen MR) is 118 cm³/mol. The average Bonchev–Trinajstić information content (AvgIpc) is 3.09. The van der Waals surface area contributed by atoms with Crippen LogP contribution in [0.4, 0.5) is 4.39 Å². The van der Waals surface area contributed by atoms with Crippen LogP contribution in [0.5, 0.6) is 0 Å². The Kier molecular flexibility index (Phi) is 5.05. The van der Waals surface area contributed by atoms with E-state index in [4.69, 9.17) is 14.2 Å². The number of hydrogen-bond acceptors (Lipinski definition) is 6. The maximum absolute atomic E-state index is 15.8. The van der Waals surface area contributed by atoms with E-state index in [0.717, 1.165) is 0 Å². The molecule has 1 aliphatic heterocycles. The second-order valence-electron chi connectivity index (χ2n) is 12.1. The summed E-state index contributed by atoms with van der Waals surface area (Å²) in [5, 5.41) is 11.6. The topological polar surface area (TPSA) is 82.1 Å². The van der Waals surface area contributed by atoms with Gasteiger partial charge in [-0.25, -0.2) is 4.39 Å². The first-order valence-electron chi connectivity index (χ1n) is 12.4. The van der Waals surface area contributed by atoms with Gasteiger partial charge in [-0.15, -0.1) is 0 Å². The molecule has 0 aromatic heterocycles. The van der Waals surface area contributed by atoms with Gasteiger partial charge in [0, 0.05) is 12.3 Å². The third-order valence-corrected chi connectivity index (χ3v) is 9.81. The summed E-state index contributed by atoms with van der Waals surface area (Å²) in [6.07, 6.45) is 1.73. The van der Waals surface area contributed by atoms with Gasteiger partial charge in [0.2, 0.25) is 0 Å². The molecule has 0 bridgehead atoms. The summed E-state index contributed by atoms with van der Waals surface area (Å²) in [5.41, 5.74) is -1.61. The largest absolute Gasteiger partial charge is 0.458 e. The van der Waals surface area contributed by atoms with Crippen molar-refractivity contribution in [2.24, 2.45) is 28.6 Å². The summed E-state index contributed by atoms with van der Waals surface area (Å²) in [4.78, 5) is 24.6. The number of hydrogen-bond donors (Lipinski definition) is 1. The molecule has 4 aliphatic carbocycles. The molecule has 0 radical (unpaired) electrons. The summed E-state index contributed by atoms with van der Waals surface area (Å²) in [6.45, 7) is 10.7. The minimum absolute atomic E-state index is 0.0127. The van der Waals surface area contributed by atoms with Crippen molar-refractivity contribution in [2.45, 2.75) is 110 Å². The Morgan fingerprint density at radius 2 is 1.88 bits per heavy atom. The molecule has 3 saturated carbocycles. The fourth-order valence-corrected chi connectivity index (χ4v) is 8.88. The van der Waals surface area contributed by atoms with Gasteiger partial charge in [-0.2, -0.15) is 0 Å². The molecule has 5 aliphatic rings. The zero-order valence-corrected chi connectivity index (χ0v) is 20.5. The highest BCUT2D eigenvalue weighted by Gasteiger charge is 2.76. The zero-order valence-electron chi connectivity index (χ0n) is 20.5. The van der Waals surface area contributed by atoms with E-state index in [1.54, 1.807) is 13.0 Å². The third kappa shape index (κ3) is 3.00. The maximum atomic E-state index is 15.8. The van der Waals surface area contributed by atoms with E-state index in [9.17, 15) is 14.7 Å². The summed E-state index contributed by atoms with van der Waals surface area (Å²) in [7, 11) is 0. The number of carbonyl (C=O) groups excluding carboxylic acids is 2. The molecule has 0 amide bonds. The van der Waals surface area contributed by atoms with Crippen LogP contribution in [0.2, 0.25) is 0 Å². The van der Waals surface area contributed by atoms with Crippen LogP contribution in [0.3, 0.4) is 0 Å². The number of ether oxygens (including phenoxy) is 3. The normalized spacial score (nSPS) is 52.1. The Labute approximate surface area is 195 Å². The lowest BCUT2D eigenvalue weighted by atomic mass is 9.45. The van der Waals surface area contributed by atoms with E-state index in [1.165, 1.54) is 6.92 Å². The monoisotopic (exact) mass is 464 g/mol. The van der Waals surface area contributed by atoms with Crippen LogP contribution < -0.4 is 0 Å². The van der Waals surface area contributed by atoms with E-state index in [0.29, 0.717) is 37.7 Å². The first kappa shape index (κ1) is 23.4. The third-order valence-electron chi connectivity index (χ3n) is 9.81. The summed E-state index contributed by atoms with van der Waals surface area (Å²) >= 11 is 0. The highest BCUT2D eigenvalue weighted by molar-refractivity contribution is 5.88. The smallest absolute Gasteiger partial charge is 0.303 e. The molecular formula is C26H37FO6.